The molecule has 1 N–H and O–H groups in total. The topological polar surface area (TPSA) is 37.3 Å². The molecule has 0 atom stereocenters. The van der Waals surface area contributed by atoms with Gasteiger partial charge in [0.2, 0.25) is 0 Å². The molecular weight excluding hydrogens is 260 g/mol. The Bertz CT molecular complexity index is 762. The van der Waals surface area contributed by atoms with Crippen molar-refractivity contribution in [2.75, 3.05) is 0 Å². The summed E-state index contributed by atoms with van der Waals surface area (Å²) in [6, 6.07) is 23.8. The summed E-state index contributed by atoms with van der Waals surface area (Å²) in [5, 5.41) is 10.5. The van der Waals surface area contributed by atoms with Crippen LogP contribution in [0.1, 0.15) is 15.9 Å². The summed E-state index contributed by atoms with van der Waals surface area (Å²) in [6.07, 6.45) is 0. The van der Waals surface area contributed by atoms with Gasteiger partial charge in [-0.15, -0.1) is 0 Å². The number of carbonyl (C=O) groups is 1. The fourth-order valence-corrected chi connectivity index (χ4v) is 2.32. The van der Waals surface area contributed by atoms with Gasteiger partial charge in [-0.2, -0.15) is 0 Å². The number of aromatic hydroxyl groups is 1. The Morgan fingerprint density at radius 3 is 2.00 bits per heavy atom. The second-order valence-electron chi connectivity index (χ2n) is 4.76. The molecular formula is C19H14O2. The SMILES string of the molecule is O=C(c1ccccc1)c1cccc(-c2ccccc2)c1O. The first-order valence-corrected chi connectivity index (χ1v) is 6.74. The molecule has 3 rings (SSSR count). The maximum atomic E-state index is 12.5. The highest BCUT2D eigenvalue weighted by atomic mass is 16.3. The van der Waals surface area contributed by atoms with Crippen molar-refractivity contribution in [3.05, 3.63) is 90.0 Å². The Labute approximate surface area is 123 Å². The van der Waals surface area contributed by atoms with Gasteiger partial charge in [0.1, 0.15) is 5.75 Å². The Morgan fingerprint density at radius 2 is 1.33 bits per heavy atom. The third-order valence-electron chi connectivity index (χ3n) is 3.40. The normalized spacial score (nSPS) is 10.3. The van der Waals surface area contributed by atoms with E-state index in [2.05, 4.69) is 0 Å². The number of phenols is 1. The minimum atomic E-state index is -0.175. The average molecular weight is 274 g/mol. The molecule has 0 amide bonds. The molecule has 0 spiro atoms. The maximum absolute atomic E-state index is 12.5. The summed E-state index contributed by atoms with van der Waals surface area (Å²) in [4.78, 5) is 12.5. The van der Waals surface area contributed by atoms with Crippen LogP contribution in [0.25, 0.3) is 11.1 Å². The molecule has 0 unspecified atom stereocenters. The molecule has 0 aliphatic heterocycles. The highest BCUT2D eigenvalue weighted by Gasteiger charge is 2.16. The van der Waals surface area contributed by atoms with Gasteiger partial charge >= 0.3 is 0 Å². The van der Waals surface area contributed by atoms with E-state index in [1.165, 1.54) is 0 Å². The lowest BCUT2D eigenvalue weighted by Gasteiger charge is -2.09. The summed E-state index contributed by atoms with van der Waals surface area (Å²) in [5.74, 6) is -0.150. The van der Waals surface area contributed by atoms with Gasteiger partial charge in [-0.3, -0.25) is 4.79 Å². The van der Waals surface area contributed by atoms with Gasteiger partial charge in [-0.25, -0.2) is 0 Å². The molecule has 0 radical (unpaired) electrons. The van der Waals surface area contributed by atoms with Gasteiger partial charge in [-0.1, -0.05) is 72.8 Å². The zero-order valence-corrected chi connectivity index (χ0v) is 11.4. The van der Waals surface area contributed by atoms with Crippen LogP contribution in [0.3, 0.4) is 0 Å². The number of hydrogen-bond donors (Lipinski definition) is 1. The molecule has 2 heteroatoms. The Hall–Kier alpha value is -2.87. The largest absolute Gasteiger partial charge is 0.507 e. The number of benzene rings is 3. The minimum absolute atomic E-state index is 0.0255. The molecule has 0 saturated heterocycles. The van der Waals surface area contributed by atoms with E-state index < -0.39 is 0 Å². The molecule has 0 aliphatic rings. The summed E-state index contributed by atoms with van der Waals surface area (Å²) in [7, 11) is 0. The number of ketones is 1. The van der Waals surface area contributed by atoms with Gasteiger partial charge in [0, 0.05) is 11.1 Å². The van der Waals surface area contributed by atoms with Crippen LogP contribution >= 0.6 is 0 Å². The molecule has 0 fully saturated rings. The molecule has 0 aliphatic carbocycles. The minimum Gasteiger partial charge on any atom is -0.507 e. The van der Waals surface area contributed by atoms with Crippen molar-refractivity contribution in [2.45, 2.75) is 0 Å². The quantitative estimate of drug-likeness (QED) is 0.723. The van der Waals surface area contributed by atoms with E-state index in [-0.39, 0.29) is 11.5 Å². The second-order valence-corrected chi connectivity index (χ2v) is 4.76. The number of phenolic OH excluding ortho intramolecular Hbond substituents is 1. The standard InChI is InChI=1S/C19H14O2/c20-18(15-10-5-2-6-11-15)17-13-7-12-16(19(17)21)14-8-3-1-4-9-14/h1-13,21H. The fourth-order valence-electron chi connectivity index (χ4n) is 2.32. The second kappa shape index (κ2) is 5.63. The monoisotopic (exact) mass is 274 g/mol. The first-order valence-electron chi connectivity index (χ1n) is 6.74. The zero-order valence-electron chi connectivity index (χ0n) is 11.4. The first kappa shape index (κ1) is 13.1. The number of hydrogen-bond acceptors (Lipinski definition) is 2. The molecule has 0 bridgehead atoms. The van der Waals surface area contributed by atoms with Crippen molar-refractivity contribution < 1.29 is 9.90 Å². The number of rotatable bonds is 3. The first-order chi connectivity index (χ1) is 10.3. The van der Waals surface area contributed by atoms with Crippen LogP contribution in [0.4, 0.5) is 0 Å². The summed E-state index contributed by atoms with van der Waals surface area (Å²) in [5.41, 5.74) is 2.44. The lowest BCUT2D eigenvalue weighted by Crippen LogP contribution is -2.01. The summed E-state index contributed by atoms with van der Waals surface area (Å²) in [6.45, 7) is 0. The van der Waals surface area contributed by atoms with E-state index in [1.807, 2.05) is 54.6 Å². The van der Waals surface area contributed by atoms with Crippen LogP contribution < -0.4 is 0 Å². The van der Waals surface area contributed by atoms with E-state index in [0.29, 0.717) is 16.7 Å². The molecule has 3 aromatic carbocycles. The van der Waals surface area contributed by atoms with Crippen LogP contribution in [-0.4, -0.2) is 10.9 Å². The highest BCUT2D eigenvalue weighted by molar-refractivity contribution is 6.11. The highest BCUT2D eigenvalue weighted by Crippen LogP contribution is 2.33. The predicted octanol–water partition coefficient (Wildman–Crippen LogP) is 4.29. The van der Waals surface area contributed by atoms with Crippen LogP contribution in [0.15, 0.2) is 78.9 Å². The molecule has 21 heavy (non-hydrogen) atoms. The zero-order chi connectivity index (χ0) is 14.7. The molecule has 2 nitrogen and oxygen atoms in total. The maximum Gasteiger partial charge on any atom is 0.196 e. The van der Waals surface area contributed by atoms with E-state index in [1.54, 1.807) is 24.3 Å². The lowest BCUT2D eigenvalue weighted by atomic mass is 9.97. The average Bonchev–Trinajstić information content (AvgIpc) is 2.56. The Balaban J connectivity index is 2.08. The van der Waals surface area contributed by atoms with Crippen LogP contribution in [0.5, 0.6) is 5.75 Å². The van der Waals surface area contributed by atoms with E-state index >= 15 is 0 Å². The van der Waals surface area contributed by atoms with Crippen molar-refractivity contribution in [3.8, 4) is 16.9 Å². The molecule has 102 valence electrons. The van der Waals surface area contributed by atoms with Crippen LogP contribution in [0, 0.1) is 0 Å². The van der Waals surface area contributed by atoms with Gasteiger partial charge in [0.25, 0.3) is 0 Å². The number of carbonyl (C=O) groups excluding carboxylic acids is 1. The summed E-state index contributed by atoms with van der Waals surface area (Å²) < 4.78 is 0. The van der Waals surface area contributed by atoms with Gasteiger partial charge in [-0.05, 0) is 11.6 Å². The van der Waals surface area contributed by atoms with Crippen molar-refractivity contribution in [1.29, 1.82) is 0 Å². The van der Waals surface area contributed by atoms with Crippen molar-refractivity contribution in [2.24, 2.45) is 0 Å². The summed E-state index contributed by atoms with van der Waals surface area (Å²) >= 11 is 0. The van der Waals surface area contributed by atoms with E-state index in [4.69, 9.17) is 0 Å². The van der Waals surface area contributed by atoms with Crippen LogP contribution in [0.2, 0.25) is 0 Å². The van der Waals surface area contributed by atoms with Crippen molar-refractivity contribution >= 4 is 5.78 Å². The Kier molecular flexibility index (Phi) is 3.52. The van der Waals surface area contributed by atoms with Gasteiger partial charge < -0.3 is 5.11 Å². The fraction of sp³-hybridized carbons (Fsp3) is 0. The smallest absolute Gasteiger partial charge is 0.196 e. The third-order valence-corrected chi connectivity index (χ3v) is 3.40. The van der Waals surface area contributed by atoms with E-state index in [9.17, 15) is 9.90 Å². The van der Waals surface area contributed by atoms with Gasteiger partial charge in [0.15, 0.2) is 5.78 Å². The van der Waals surface area contributed by atoms with Crippen molar-refractivity contribution in [1.82, 2.24) is 0 Å². The molecule has 0 heterocycles. The molecule has 0 saturated carbocycles. The van der Waals surface area contributed by atoms with E-state index in [0.717, 1.165) is 5.56 Å². The third kappa shape index (κ3) is 2.56. The predicted molar refractivity (Wildman–Crippen MR) is 83.4 cm³/mol. The Morgan fingerprint density at radius 1 is 0.714 bits per heavy atom. The lowest BCUT2D eigenvalue weighted by molar-refractivity contribution is 0.103. The molecule has 3 aromatic rings. The number of para-hydroxylation sites is 1. The molecule has 0 aromatic heterocycles. The van der Waals surface area contributed by atoms with Gasteiger partial charge in [0.05, 0.1) is 5.56 Å². The van der Waals surface area contributed by atoms with Crippen molar-refractivity contribution in [3.63, 3.8) is 0 Å². The van der Waals surface area contributed by atoms with Crippen LogP contribution in [-0.2, 0) is 0 Å².